The van der Waals surface area contributed by atoms with Gasteiger partial charge < -0.3 is 10.6 Å². The van der Waals surface area contributed by atoms with Crippen molar-refractivity contribution >= 4 is 23.1 Å². The Labute approximate surface area is 128 Å². The third-order valence-corrected chi connectivity index (χ3v) is 3.91. The molecule has 1 unspecified atom stereocenters. The van der Waals surface area contributed by atoms with E-state index >= 15 is 0 Å². The van der Waals surface area contributed by atoms with Gasteiger partial charge in [-0.25, -0.2) is 4.98 Å². The van der Waals surface area contributed by atoms with Crippen LogP contribution < -0.4 is 10.6 Å². The van der Waals surface area contributed by atoms with Crippen molar-refractivity contribution in [3.05, 3.63) is 33.9 Å². The fourth-order valence-corrected chi connectivity index (χ4v) is 2.48. The van der Waals surface area contributed by atoms with E-state index in [9.17, 15) is 4.79 Å². The number of aryl methyl sites for hydroxylation is 1. The highest BCUT2D eigenvalue weighted by Gasteiger charge is 2.15. The lowest BCUT2D eigenvalue weighted by Crippen LogP contribution is -2.27. The standard InChI is InChI=1S/C14H19N5OS/c1-4-7-15-12-6-5-11(18-19-12)13(20)17-10(3)14-16-8-9(2)21-14/h5-6,8,10H,4,7H2,1-3H3,(H,15,19)(H,17,20). The molecular formula is C14H19N5OS. The fraction of sp³-hybridized carbons (Fsp3) is 0.429. The summed E-state index contributed by atoms with van der Waals surface area (Å²) in [5.74, 6) is 0.432. The molecule has 2 rings (SSSR count). The highest BCUT2D eigenvalue weighted by Crippen LogP contribution is 2.19. The van der Waals surface area contributed by atoms with Gasteiger partial charge in [0.25, 0.3) is 5.91 Å². The number of aromatic nitrogens is 3. The quantitative estimate of drug-likeness (QED) is 0.857. The summed E-state index contributed by atoms with van der Waals surface area (Å²) >= 11 is 1.57. The van der Waals surface area contributed by atoms with Crippen LogP contribution >= 0.6 is 11.3 Å². The number of hydrogen-bond donors (Lipinski definition) is 2. The van der Waals surface area contributed by atoms with Crippen LogP contribution in [0, 0.1) is 6.92 Å². The van der Waals surface area contributed by atoms with Crippen LogP contribution in [0.2, 0.25) is 0 Å². The first-order valence-corrected chi connectivity index (χ1v) is 7.72. The Balaban J connectivity index is 1.96. The SMILES string of the molecule is CCCNc1ccc(C(=O)NC(C)c2ncc(C)s2)nn1. The summed E-state index contributed by atoms with van der Waals surface area (Å²) in [6.45, 7) is 6.80. The third kappa shape index (κ3) is 4.22. The van der Waals surface area contributed by atoms with Crippen molar-refractivity contribution in [2.75, 3.05) is 11.9 Å². The number of amides is 1. The number of nitrogens with one attached hydrogen (secondary N) is 2. The number of thiazole rings is 1. The Hall–Kier alpha value is -2.02. The number of carbonyl (C=O) groups excluding carboxylic acids is 1. The zero-order valence-corrected chi connectivity index (χ0v) is 13.2. The average molecular weight is 305 g/mol. The highest BCUT2D eigenvalue weighted by molar-refractivity contribution is 7.11. The molecule has 0 aliphatic rings. The molecule has 0 aliphatic heterocycles. The van der Waals surface area contributed by atoms with Crippen molar-refractivity contribution in [3.8, 4) is 0 Å². The van der Waals surface area contributed by atoms with Crippen LogP contribution in [0.1, 0.15) is 46.7 Å². The molecule has 0 saturated carbocycles. The number of rotatable bonds is 6. The molecule has 1 atom stereocenters. The summed E-state index contributed by atoms with van der Waals surface area (Å²) < 4.78 is 0. The molecule has 2 heterocycles. The van der Waals surface area contributed by atoms with Crippen LogP contribution in [0.5, 0.6) is 0 Å². The summed E-state index contributed by atoms with van der Waals surface area (Å²) in [5, 5.41) is 14.8. The van der Waals surface area contributed by atoms with Gasteiger partial charge in [-0.15, -0.1) is 21.5 Å². The van der Waals surface area contributed by atoms with Crippen molar-refractivity contribution in [2.45, 2.75) is 33.2 Å². The Kier molecular flexibility index (Phi) is 5.21. The molecule has 1 amide bonds. The normalized spacial score (nSPS) is 12.0. The van der Waals surface area contributed by atoms with E-state index in [-0.39, 0.29) is 11.9 Å². The van der Waals surface area contributed by atoms with Crippen LogP contribution in [0.4, 0.5) is 5.82 Å². The van der Waals surface area contributed by atoms with Crippen molar-refractivity contribution in [2.24, 2.45) is 0 Å². The molecule has 0 fully saturated rings. The maximum atomic E-state index is 12.1. The first-order chi connectivity index (χ1) is 10.1. The molecule has 0 aliphatic carbocycles. The molecule has 6 nitrogen and oxygen atoms in total. The van der Waals surface area contributed by atoms with E-state index in [0.717, 1.165) is 22.9 Å². The predicted octanol–water partition coefficient (Wildman–Crippen LogP) is 2.55. The van der Waals surface area contributed by atoms with Crippen LogP contribution in [0.25, 0.3) is 0 Å². The van der Waals surface area contributed by atoms with Crippen molar-refractivity contribution in [1.29, 1.82) is 0 Å². The third-order valence-electron chi connectivity index (χ3n) is 2.81. The van der Waals surface area contributed by atoms with Gasteiger partial charge in [-0.2, -0.15) is 0 Å². The van der Waals surface area contributed by atoms with Crippen LogP contribution in [0.3, 0.4) is 0 Å². The maximum absolute atomic E-state index is 12.1. The molecule has 2 aromatic heterocycles. The van der Waals surface area contributed by atoms with Gasteiger partial charge in [0, 0.05) is 17.6 Å². The van der Waals surface area contributed by atoms with Gasteiger partial charge in [-0.1, -0.05) is 6.92 Å². The zero-order chi connectivity index (χ0) is 15.2. The van der Waals surface area contributed by atoms with Gasteiger partial charge >= 0.3 is 0 Å². The molecule has 112 valence electrons. The molecule has 2 aromatic rings. The number of hydrogen-bond acceptors (Lipinski definition) is 6. The fourth-order valence-electron chi connectivity index (χ4n) is 1.71. The summed E-state index contributed by atoms with van der Waals surface area (Å²) in [6, 6.07) is 3.28. The average Bonchev–Trinajstić information content (AvgIpc) is 2.92. The Morgan fingerprint density at radius 2 is 2.19 bits per heavy atom. The van der Waals surface area contributed by atoms with Crippen molar-refractivity contribution in [1.82, 2.24) is 20.5 Å². The van der Waals surface area contributed by atoms with E-state index in [1.54, 1.807) is 29.7 Å². The molecule has 7 heteroatoms. The van der Waals surface area contributed by atoms with Gasteiger partial charge in [0.05, 0.1) is 6.04 Å². The Morgan fingerprint density at radius 3 is 2.76 bits per heavy atom. The lowest BCUT2D eigenvalue weighted by molar-refractivity contribution is 0.0934. The minimum absolute atomic E-state index is 0.143. The molecule has 0 saturated heterocycles. The van der Waals surface area contributed by atoms with Gasteiger partial charge in [-0.05, 0) is 32.4 Å². The van der Waals surface area contributed by atoms with Crippen molar-refractivity contribution in [3.63, 3.8) is 0 Å². The van der Waals surface area contributed by atoms with Gasteiger partial charge in [0.1, 0.15) is 10.8 Å². The van der Waals surface area contributed by atoms with Gasteiger partial charge in [0.15, 0.2) is 5.69 Å². The summed E-state index contributed by atoms with van der Waals surface area (Å²) in [7, 11) is 0. The lowest BCUT2D eigenvalue weighted by Gasteiger charge is -2.10. The largest absolute Gasteiger partial charge is 0.369 e. The van der Waals surface area contributed by atoms with Crippen LogP contribution in [-0.4, -0.2) is 27.6 Å². The minimum Gasteiger partial charge on any atom is -0.369 e. The van der Waals surface area contributed by atoms with E-state index in [1.165, 1.54) is 0 Å². The van der Waals surface area contributed by atoms with Gasteiger partial charge in [-0.3, -0.25) is 4.79 Å². The first kappa shape index (κ1) is 15.4. The highest BCUT2D eigenvalue weighted by atomic mass is 32.1. The maximum Gasteiger partial charge on any atom is 0.272 e. The first-order valence-electron chi connectivity index (χ1n) is 6.91. The second-order valence-electron chi connectivity index (χ2n) is 4.73. The molecule has 0 bridgehead atoms. The second kappa shape index (κ2) is 7.12. The topological polar surface area (TPSA) is 79.8 Å². The van der Waals surface area contributed by atoms with E-state index in [0.29, 0.717) is 11.5 Å². The van der Waals surface area contributed by atoms with E-state index in [2.05, 4.69) is 32.7 Å². The van der Waals surface area contributed by atoms with Crippen LogP contribution in [0.15, 0.2) is 18.3 Å². The van der Waals surface area contributed by atoms with E-state index < -0.39 is 0 Å². The zero-order valence-electron chi connectivity index (χ0n) is 12.4. The summed E-state index contributed by atoms with van der Waals surface area (Å²) in [6.07, 6.45) is 2.81. The smallest absolute Gasteiger partial charge is 0.272 e. The number of anilines is 1. The molecule has 21 heavy (non-hydrogen) atoms. The molecule has 0 radical (unpaired) electrons. The van der Waals surface area contributed by atoms with Crippen molar-refractivity contribution < 1.29 is 4.79 Å². The predicted molar refractivity (Wildman–Crippen MR) is 83.5 cm³/mol. The molecule has 2 N–H and O–H groups in total. The lowest BCUT2D eigenvalue weighted by atomic mass is 10.3. The number of carbonyl (C=O) groups is 1. The Morgan fingerprint density at radius 1 is 1.38 bits per heavy atom. The van der Waals surface area contributed by atoms with Gasteiger partial charge in [0.2, 0.25) is 0 Å². The summed E-state index contributed by atoms with van der Waals surface area (Å²) in [4.78, 5) is 17.5. The summed E-state index contributed by atoms with van der Waals surface area (Å²) in [5.41, 5.74) is 0.303. The van der Waals surface area contributed by atoms with E-state index in [1.807, 2.05) is 13.8 Å². The number of nitrogens with zero attached hydrogens (tertiary/aromatic N) is 3. The molecular weight excluding hydrogens is 286 g/mol. The monoisotopic (exact) mass is 305 g/mol. The molecule has 0 spiro atoms. The second-order valence-corrected chi connectivity index (χ2v) is 6.00. The van der Waals surface area contributed by atoms with E-state index in [4.69, 9.17) is 0 Å². The Bertz CT molecular complexity index is 596. The minimum atomic E-state index is -0.245. The molecule has 0 aromatic carbocycles. The van der Waals surface area contributed by atoms with Crippen LogP contribution in [-0.2, 0) is 0 Å².